The van der Waals surface area contributed by atoms with Gasteiger partial charge in [0.05, 0.1) is 12.3 Å². The quantitative estimate of drug-likeness (QED) is 0.888. The lowest BCUT2D eigenvalue weighted by molar-refractivity contribution is 0.0876. The van der Waals surface area contributed by atoms with E-state index in [1.807, 2.05) is 18.2 Å². The lowest BCUT2D eigenvalue weighted by Gasteiger charge is -2.25. The number of anilines is 1. The van der Waals surface area contributed by atoms with Gasteiger partial charge in [-0.25, -0.2) is 0 Å². The summed E-state index contributed by atoms with van der Waals surface area (Å²) in [5.74, 6) is 0. The van der Waals surface area contributed by atoms with Crippen molar-refractivity contribution in [3.8, 4) is 0 Å². The van der Waals surface area contributed by atoms with Crippen molar-refractivity contribution < 1.29 is 4.74 Å². The third-order valence-corrected chi connectivity index (χ3v) is 3.79. The van der Waals surface area contributed by atoms with E-state index < -0.39 is 0 Å². The van der Waals surface area contributed by atoms with E-state index in [9.17, 15) is 0 Å². The second-order valence-electron chi connectivity index (χ2n) is 3.66. The van der Waals surface area contributed by atoms with Gasteiger partial charge in [0.25, 0.3) is 0 Å². The van der Waals surface area contributed by atoms with Crippen LogP contribution in [0.5, 0.6) is 0 Å². The Balaban J connectivity index is 2.09. The first-order valence-corrected chi connectivity index (χ1v) is 6.64. The van der Waals surface area contributed by atoms with Crippen molar-refractivity contribution in [2.45, 2.75) is 18.9 Å². The highest BCUT2D eigenvalue weighted by Gasteiger charge is 2.15. The zero-order valence-electron chi connectivity index (χ0n) is 8.30. The molecule has 1 N–H and O–H groups in total. The molecule has 0 radical (unpaired) electrons. The number of para-hydroxylation sites is 1. The van der Waals surface area contributed by atoms with E-state index in [1.165, 1.54) is 6.42 Å². The van der Waals surface area contributed by atoms with Gasteiger partial charge in [-0.3, -0.25) is 0 Å². The van der Waals surface area contributed by atoms with Crippen LogP contribution in [0.1, 0.15) is 12.8 Å². The third kappa shape index (κ3) is 2.95. The van der Waals surface area contributed by atoms with E-state index in [4.69, 9.17) is 4.74 Å². The van der Waals surface area contributed by atoms with Crippen molar-refractivity contribution in [2.75, 3.05) is 18.5 Å². The lowest BCUT2D eigenvalue weighted by Crippen LogP contribution is -2.30. The summed E-state index contributed by atoms with van der Waals surface area (Å²) in [6.07, 6.45) is 2.31. The molecule has 1 aliphatic rings. The van der Waals surface area contributed by atoms with Gasteiger partial charge in [0, 0.05) is 21.6 Å². The molecule has 82 valence electrons. The smallest absolute Gasteiger partial charge is 0.0667 e. The molecule has 15 heavy (non-hydrogen) atoms. The van der Waals surface area contributed by atoms with Crippen LogP contribution < -0.4 is 5.32 Å². The minimum absolute atomic E-state index is 0.425. The molecule has 0 bridgehead atoms. The Kier molecular flexibility index (Phi) is 4.05. The van der Waals surface area contributed by atoms with Crippen LogP contribution in [-0.4, -0.2) is 19.3 Å². The van der Waals surface area contributed by atoms with Crippen molar-refractivity contribution >= 4 is 37.5 Å². The van der Waals surface area contributed by atoms with Crippen molar-refractivity contribution in [3.05, 3.63) is 27.1 Å². The van der Waals surface area contributed by atoms with Gasteiger partial charge in [-0.1, -0.05) is 6.07 Å². The van der Waals surface area contributed by atoms with E-state index in [0.29, 0.717) is 6.04 Å². The van der Waals surface area contributed by atoms with Gasteiger partial charge in [-0.05, 0) is 56.8 Å². The van der Waals surface area contributed by atoms with Crippen LogP contribution in [0.2, 0.25) is 0 Å². The Hall–Kier alpha value is -0.0600. The van der Waals surface area contributed by atoms with Crippen LogP contribution in [0.15, 0.2) is 27.1 Å². The molecule has 2 rings (SSSR count). The SMILES string of the molecule is Brc1cccc(Br)c1NC1CCCOC1. The minimum atomic E-state index is 0.425. The summed E-state index contributed by atoms with van der Waals surface area (Å²) in [5.41, 5.74) is 1.12. The van der Waals surface area contributed by atoms with Crippen LogP contribution in [0, 0.1) is 0 Å². The zero-order valence-corrected chi connectivity index (χ0v) is 11.5. The molecule has 1 aromatic carbocycles. The van der Waals surface area contributed by atoms with Crippen molar-refractivity contribution in [2.24, 2.45) is 0 Å². The van der Waals surface area contributed by atoms with E-state index in [-0.39, 0.29) is 0 Å². The standard InChI is InChI=1S/C11H13Br2NO/c12-9-4-1-5-10(13)11(9)14-8-3-2-6-15-7-8/h1,4-5,8,14H,2-3,6-7H2. The minimum Gasteiger partial charge on any atom is -0.379 e. The first-order valence-electron chi connectivity index (χ1n) is 5.05. The fourth-order valence-corrected chi connectivity index (χ4v) is 2.92. The molecule has 1 aliphatic heterocycles. The first kappa shape index (κ1) is 11.4. The number of nitrogens with one attached hydrogen (secondary N) is 1. The average molecular weight is 335 g/mol. The van der Waals surface area contributed by atoms with E-state index in [0.717, 1.165) is 34.3 Å². The molecule has 0 aromatic heterocycles. The predicted octanol–water partition coefficient (Wildman–Crippen LogP) is 3.80. The van der Waals surface area contributed by atoms with E-state index in [2.05, 4.69) is 37.2 Å². The van der Waals surface area contributed by atoms with Crippen LogP contribution in [-0.2, 0) is 4.74 Å². The summed E-state index contributed by atoms with van der Waals surface area (Å²) in [7, 11) is 0. The van der Waals surface area contributed by atoms with Gasteiger partial charge >= 0.3 is 0 Å². The number of benzene rings is 1. The largest absolute Gasteiger partial charge is 0.379 e. The van der Waals surface area contributed by atoms with E-state index in [1.54, 1.807) is 0 Å². The van der Waals surface area contributed by atoms with Crippen molar-refractivity contribution in [1.29, 1.82) is 0 Å². The normalized spacial score (nSPS) is 21.3. The molecule has 1 unspecified atom stereocenters. The average Bonchev–Trinajstić information content (AvgIpc) is 2.25. The second kappa shape index (κ2) is 5.32. The van der Waals surface area contributed by atoms with Crippen LogP contribution in [0.4, 0.5) is 5.69 Å². The summed E-state index contributed by atoms with van der Waals surface area (Å²) >= 11 is 7.08. The Morgan fingerprint density at radius 3 is 2.60 bits per heavy atom. The Morgan fingerprint density at radius 1 is 1.27 bits per heavy atom. The highest BCUT2D eigenvalue weighted by Crippen LogP contribution is 2.31. The number of hydrogen-bond acceptors (Lipinski definition) is 2. The molecule has 1 fully saturated rings. The molecule has 1 heterocycles. The molecule has 0 saturated carbocycles. The number of rotatable bonds is 2. The summed E-state index contributed by atoms with van der Waals surface area (Å²) < 4.78 is 7.61. The van der Waals surface area contributed by atoms with Gasteiger partial charge in [-0.2, -0.15) is 0 Å². The maximum absolute atomic E-state index is 5.44. The summed E-state index contributed by atoms with van der Waals surface area (Å²) in [4.78, 5) is 0. The molecule has 0 aliphatic carbocycles. The lowest BCUT2D eigenvalue weighted by atomic mass is 10.1. The molecular weight excluding hydrogens is 322 g/mol. The third-order valence-electron chi connectivity index (χ3n) is 2.47. The predicted molar refractivity (Wildman–Crippen MR) is 69.3 cm³/mol. The van der Waals surface area contributed by atoms with Crippen LogP contribution in [0.3, 0.4) is 0 Å². The molecule has 4 heteroatoms. The van der Waals surface area contributed by atoms with E-state index >= 15 is 0 Å². The first-order chi connectivity index (χ1) is 7.27. The Bertz CT molecular complexity index is 317. The van der Waals surface area contributed by atoms with Gasteiger partial charge < -0.3 is 10.1 Å². The van der Waals surface area contributed by atoms with Gasteiger partial charge in [0.15, 0.2) is 0 Å². The molecule has 0 spiro atoms. The van der Waals surface area contributed by atoms with Gasteiger partial charge in [0.2, 0.25) is 0 Å². The van der Waals surface area contributed by atoms with Crippen molar-refractivity contribution in [1.82, 2.24) is 0 Å². The van der Waals surface area contributed by atoms with Gasteiger partial charge in [-0.15, -0.1) is 0 Å². The van der Waals surface area contributed by atoms with Gasteiger partial charge in [0.1, 0.15) is 0 Å². The van der Waals surface area contributed by atoms with Crippen molar-refractivity contribution in [3.63, 3.8) is 0 Å². The molecule has 2 nitrogen and oxygen atoms in total. The summed E-state index contributed by atoms with van der Waals surface area (Å²) in [6.45, 7) is 1.70. The number of halogens is 2. The molecule has 0 amide bonds. The van der Waals surface area contributed by atoms with Crippen LogP contribution in [0.25, 0.3) is 0 Å². The molecular formula is C11H13Br2NO. The number of hydrogen-bond donors (Lipinski definition) is 1. The Labute approximate surface area is 107 Å². The zero-order chi connectivity index (χ0) is 10.7. The molecule has 1 aromatic rings. The highest BCUT2D eigenvalue weighted by atomic mass is 79.9. The monoisotopic (exact) mass is 333 g/mol. The topological polar surface area (TPSA) is 21.3 Å². The highest BCUT2D eigenvalue weighted by molar-refractivity contribution is 9.11. The molecule has 1 saturated heterocycles. The maximum atomic E-state index is 5.44. The fraction of sp³-hybridized carbons (Fsp3) is 0.455. The Morgan fingerprint density at radius 2 is 2.00 bits per heavy atom. The van der Waals surface area contributed by atoms with Crippen LogP contribution >= 0.6 is 31.9 Å². The fourth-order valence-electron chi connectivity index (χ4n) is 1.69. The maximum Gasteiger partial charge on any atom is 0.0667 e. The summed E-state index contributed by atoms with van der Waals surface area (Å²) in [5, 5.41) is 3.50. The summed E-state index contributed by atoms with van der Waals surface area (Å²) in [6, 6.07) is 6.51. The second-order valence-corrected chi connectivity index (χ2v) is 5.36. The molecule has 1 atom stereocenters. The number of ether oxygens (including phenoxy) is 1.